The first-order chi connectivity index (χ1) is 21.1. The number of hydrogen-bond donors (Lipinski definition) is 2. The number of rotatable bonds is 10. The number of amides is 1. The minimum absolute atomic E-state index is 0.0157. The van der Waals surface area contributed by atoms with Gasteiger partial charge in [-0.1, -0.05) is 31.4 Å². The molecule has 1 aromatic heterocycles. The van der Waals surface area contributed by atoms with Crippen LogP contribution in [0.4, 0.5) is 0 Å². The molecule has 5 rings (SSSR count). The maximum atomic E-state index is 13.0. The van der Waals surface area contributed by atoms with Crippen LogP contribution in [0.15, 0.2) is 55.3 Å². The average Bonchev–Trinajstić information content (AvgIpc) is 3.66. The molecule has 2 heterocycles. The second-order valence-corrected chi connectivity index (χ2v) is 12.4. The third kappa shape index (κ3) is 5.74. The van der Waals surface area contributed by atoms with Crippen LogP contribution in [0.2, 0.25) is 0 Å². The van der Waals surface area contributed by atoms with Gasteiger partial charge in [0.15, 0.2) is 0 Å². The molecule has 9 heteroatoms. The first kappa shape index (κ1) is 31.0. The number of benzene rings is 2. The van der Waals surface area contributed by atoms with Crippen molar-refractivity contribution >= 4 is 11.6 Å². The highest BCUT2D eigenvalue weighted by Gasteiger charge is 2.44. The van der Waals surface area contributed by atoms with Gasteiger partial charge in [0.2, 0.25) is 0 Å². The van der Waals surface area contributed by atoms with Crippen molar-refractivity contribution in [3.63, 3.8) is 0 Å². The highest BCUT2D eigenvalue weighted by Crippen LogP contribution is 2.46. The zero-order chi connectivity index (χ0) is 31.6. The number of carbonyl (C=O) groups excluding carboxylic acids is 1. The number of nitriles is 1. The van der Waals surface area contributed by atoms with Crippen LogP contribution >= 0.6 is 0 Å². The average molecular weight is 593 g/mol. The molecular weight excluding hydrogens is 548 g/mol. The van der Waals surface area contributed by atoms with Gasteiger partial charge in [-0.15, -0.1) is 10.2 Å². The van der Waals surface area contributed by atoms with E-state index in [1.165, 1.54) is 11.1 Å². The van der Waals surface area contributed by atoms with Crippen molar-refractivity contribution in [2.45, 2.75) is 50.5 Å². The van der Waals surface area contributed by atoms with Gasteiger partial charge in [-0.05, 0) is 91.6 Å². The summed E-state index contributed by atoms with van der Waals surface area (Å²) in [5.74, 6) is 1.52. The van der Waals surface area contributed by atoms with E-state index < -0.39 is 5.41 Å². The van der Waals surface area contributed by atoms with E-state index >= 15 is 0 Å². The van der Waals surface area contributed by atoms with E-state index in [-0.39, 0.29) is 11.9 Å². The topological polar surface area (TPSA) is 104 Å². The summed E-state index contributed by atoms with van der Waals surface area (Å²) >= 11 is 0. The summed E-state index contributed by atoms with van der Waals surface area (Å²) in [7, 11) is 7.58. The Morgan fingerprint density at radius 3 is 2.32 bits per heavy atom. The molecule has 1 amide bonds. The van der Waals surface area contributed by atoms with Crippen molar-refractivity contribution in [1.82, 2.24) is 35.2 Å². The SMILES string of the molecule is C=C(c1ccc2c(c1)CCc1cc(C(=O)N(C)C)ccc1C2(CCNCC(=C)N1CCCC1C#N)c1nnc(C)[nH]1)N(C)C. The molecule has 0 radical (unpaired) electrons. The number of likely N-dealkylation sites (tertiary alicyclic amines) is 1. The third-order valence-electron chi connectivity index (χ3n) is 9.14. The predicted molar refractivity (Wildman–Crippen MR) is 174 cm³/mol. The minimum atomic E-state index is -0.642. The Hall–Kier alpha value is -4.42. The lowest BCUT2D eigenvalue weighted by atomic mass is 9.69. The zero-order valence-corrected chi connectivity index (χ0v) is 26.7. The molecule has 1 aliphatic carbocycles. The number of aromatic nitrogens is 3. The van der Waals surface area contributed by atoms with Gasteiger partial charge in [-0.2, -0.15) is 5.26 Å². The van der Waals surface area contributed by atoms with E-state index in [2.05, 4.69) is 69.9 Å². The van der Waals surface area contributed by atoms with Crippen molar-refractivity contribution in [2.24, 2.45) is 0 Å². The number of aromatic amines is 1. The van der Waals surface area contributed by atoms with Gasteiger partial charge in [0.05, 0.1) is 11.5 Å². The van der Waals surface area contributed by atoms with Crippen LogP contribution in [0.25, 0.3) is 5.70 Å². The Bertz CT molecular complexity index is 1540. The molecule has 0 spiro atoms. The summed E-state index contributed by atoms with van der Waals surface area (Å²) in [6, 6.07) is 15.1. The Balaban J connectivity index is 1.59. The van der Waals surface area contributed by atoms with E-state index in [0.717, 1.165) is 72.0 Å². The maximum absolute atomic E-state index is 13.0. The molecule has 44 heavy (non-hydrogen) atoms. The number of carbonyl (C=O) groups is 1. The summed E-state index contributed by atoms with van der Waals surface area (Å²) in [5.41, 5.74) is 7.69. The van der Waals surface area contributed by atoms with E-state index in [0.29, 0.717) is 25.1 Å². The molecule has 1 aliphatic heterocycles. The molecule has 2 N–H and O–H groups in total. The number of nitrogens with zero attached hydrogens (tertiary/aromatic N) is 6. The molecule has 230 valence electrons. The van der Waals surface area contributed by atoms with Gasteiger partial charge in [0, 0.05) is 58.2 Å². The lowest BCUT2D eigenvalue weighted by Crippen LogP contribution is -2.38. The molecule has 2 aliphatic rings. The smallest absolute Gasteiger partial charge is 0.253 e. The molecule has 0 saturated carbocycles. The van der Waals surface area contributed by atoms with Crippen molar-refractivity contribution in [2.75, 3.05) is 47.8 Å². The fraction of sp³-hybridized carbons (Fsp3) is 0.429. The molecular formula is C35H44N8O. The zero-order valence-electron chi connectivity index (χ0n) is 26.7. The van der Waals surface area contributed by atoms with Gasteiger partial charge in [0.1, 0.15) is 17.7 Å². The Kier molecular flexibility index (Phi) is 8.93. The number of H-pyrrole nitrogens is 1. The number of hydrogen-bond acceptors (Lipinski definition) is 7. The number of fused-ring (bicyclic) bond motifs is 2. The van der Waals surface area contributed by atoms with Crippen molar-refractivity contribution in [3.8, 4) is 6.07 Å². The Labute approximate surface area is 261 Å². The fourth-order valence-corrected chi connectivity index (χ4v) is 6.75. The summed E-state index contributed by atoms with van der Waals surface area (Å²) in [5, 5.41) is 22.3. The standard InChI is InChI=1S/C35H44N8O/c1-23(43-18-8-9-30(43)21-36)22-37-17-16-35(34-38-25(3)39-40-34)31-14-12-26(24(2)41(4)5)19-27(31)10-11-28-20-29(13-15-32(28)35)33(44)42(6)7/h12-15,19-20,30,37H,1-2,8-11,16-18,22H2,3-7H3,(H,38,39,40). The van der Waals surface area contributed by atoms with Crippen LogP contribution in [0.1, 0.15) is 69.1 Å². The fourth-order valence-electron chi connectivity index (χ4n) is 6.75. The van der Waals surface area contributed by atoms with Crippen LogP contribution < -0.4 is 5.32 Å². The Morgan fingerprint density at radius 2 is 1.73 bits per heavy atom. The molecule has 9 nitrogen and oxygen atoms in total. The second-order valence-electron chi connectivity index (χ2n) is 12.4. The lowest BCUT2D eigenvalue weighted by Gasteiger charge is -2.35. The van der Waals surface area contributed by atoms with Crippen molar-refractivity contribution in [3.05, 3.63) is 100 Å². The second kappa shape index (κ2) is 12.7. The van der Waals surface area contributed by atoms with Crippen LogP contribution in [0.5, 0.6) is 0 Å². The maximum Gasteiger partial charge on any atom is 0.253 e. The predicted octanol–water partition coefficient (Wildman–Crippen LogP) is 4.26. The Morgan fingerprint density at radius 1 is 1.07 bits per heavy atom. The summed E-state index contributed by atoms with van der Waals surface area (Å²) in [6.45, 7) is 12.7. The highest BCUT2D eigenvalue weighted by atomic mass is 16.2. The quantitative estimate of drug-likeness (QED) is 0.339. The summed E-state index contributed by atoms with van der Waals surface area (Å²) < 4.78 is 0. The van der Waals surface area contributed by atoms with Gasteiger partial charge in [-0.25, -0.2) is 0 Å². The van der Waals surface area contributed by atoms with Gasteiger partial charge in [-0.3, -0.25) is 4.79 Å². The summed E-state index contributed by atoms with van der Waals surface area (Å²) in [4.78, 5) is 22.3. The number of nitrogens with one attached hydrogen (secondary N) is 2. The molecule has 1 saturated heterocycles. The lowest BCUT2D eigenvalue weighted by molar-refractivity contribution is 0.0827. The molecule has 2 unspecified atom stereocenters. The third-order valence-corrected chi connectivity index (χ3v) is 9.14. The normalized spacial score (nSPS) is 19.0. The van der Waals surface area contributed by atoms with Gasteiger partial charge >= 0.3 is 0 Å². The van der Waals surface area contributed by atoms with Crippen molar-refractivity contribution in [1.29, 1.82) is 5.26 Å². The van der Waals surface area contributed by atoms with Crippen molar-refractivity contribution < 1.29 is 4.79 Å². The van der Waals surface area contributed by atoms with Crippen LogP contribution in [-0.4, -0.2) is 89.7 Å². The largest absolute Gasteiger partial charge is 0.378 e. The summed E-state index contributed by atoms with van der Waals surface area (Å²) in [6.07, 6.45) is 4.21. The highest BCUT2D eigenvalue weighted by molar-refractivity contribution is 5.94. The molecule has 3 aromatic rings. The minimum Gasteiger partial charge on any atom is -0.378 e. The molecule has 2 aromatic carbocycles. The van der Waals surface area contributed by atoms with Crippen LogP contribution in [0, 0.1) is 18.3 Å². The van der Waals surface area contributed by atoms with Crippen LogP contribution in [0.3, 0.4) is 0 Å². The van der Waals surface area contributed by atoms with E-state index in [4.69, 9.17) is 5.10 Å². The van der Waals surface area contributed by atoms with E-state index in [1.54, 1.807) is 19.0 Å². The molecule has 1 fully saturated rings. The molecule has 0 bridgehead atoms. The van der Waals surface area contributed by atoms with Gasteiger partial charge in [0.25, 0.3) is 5.91 Å². The first-order valence-corrected chi connectivity index (χ1v) is 15.4. The van der Waals surface area contributed by atoms with E-state index in [1.807, 2.05) is 32.0 Å². The van der Waals surface area contributed by atoms with Crippen LogP contribution in [-0.2, 0) is 18.3 Å². The van der Waals surface area contributed by atoms with Gasteiger partial charge < -0.3 is 25.0 Å². The number of aryl methyl sites for hydroxylation is 3. The monoisotopic (exact) mass is 592 g/mol. The first-order valence-electron chi connectivity index (χ1n) is 15.4. The van der Waals surface area contributed by atoms with E-state index in [9.17, 15) is 10.1 Å². The molecule has 2 atom stereocenters.